The number of halogens is 4. The first-order valence-electron chi connectivity index (χ1n) is 20.2. The summed E-state index contributed by atoms with van der Waals surface area (Å²) in [6.45, 7) is 3.75. The van der Waals surface area contributed by atoms with Crippen molar-refractivity contribution in [2.75, 3.05) is 27.4 Å². The molecule has 13 nitrogen and oxygen atoms in total. The molecule has 3 heterocycles. The van der Waals surface area contributed by atoms with Gasteiger partial charge < -0.3 is 23.8 Å². The number of carbonyl (C=O) groups excluding carboxylic acids is 4. The molecule has 1 N–H and O–H groups in total. The van der Waals surface area contributed by atoms with E-state index in [-0.39, 0.29) is 44.0 Å². The number of rotatable bonds is 11. The highest BCUT2D eigenvalue weighted by Crippen LogP contribution is 2.58. The van der Waals surface area contributed by atoms with Gasteiger partial charge in [0.2, 0.25) is 33.3 Å². The first-order chi connectivity index (χ1) is 28.1. The zero-order chi connectivity index (χ0) is 44.0. The van der Waals surface area contributed by atoms with E-state index in [9.17, 15) is 45.2 Å². The molecule has 0 spiro atoms. The Kier molecular flexibility index (Phi) is 12.6. The quantitative estimate of drug-likeness (QED) is 0.151. The van der Waals surface area contributed by atoms with Gasteiger partial charge in [0.25, 0.3) is 0 Å². The maximum absolute atomic E-state index is 14.9. The summed E-state index contributed by atoms with van der Waals surface area (Å²) in [4.78, 5) is 62.5. The smallest absolute Gasteiger partial charge is 0.427 e. The number of carbonyl (C=O) groups is 4. The van der Waals surface area contributed by atoms with Crippen molar-refractivity contribution in [3.63, 3.8) is 0 Å². The molecule has 2 aliphatic carbocycles. The zero-order valence-electron chi connectivity index (χ0n) is 34.6. The lowest BCUT2D eigenvalue weighted by Crippen LogP contribution is -2.49. The van der Waals surface area contributed by atoms with Crippen molar-refractivity contribution in [2.24, 2.45) is 29.1 Å². The molecule has 330 valence electrons. The first kappa shape index (κ1) is 45.1. The van der Waals surface area contributed by atoms with Gasteiger partial charge in [-0.2, -0.15) is 13.2 Å². The fourth-order valence-corrected chi connectivity index (χ4v) is 9.96. The molecule has 2 amide bonds. The van der Waals surface area contributed by atoms with Crippen LogP contribution in [0.15, 0.2) is 36.5 Å². The van der Waals surface area contributed by atoms with Gasteiger partial charge in [0.1, 0.15) is 29.0 Å². The number of alkyl halides is 4. The second-order valence-electron chi connectivity index (χ2n) is 17.5. The molecule has 0 unspecified atom stereocenters. The number of aromatic nitrogens is 1. The largest absolute Gasteiger partial charge is 0.497 e. The number of Topliss-reactive ketones (excluding diaryl/α,β-unsaturated/α-hetero) is 1. The fraction of sp³-hybridized carbons (Fsp3) is 0.643. The van der Waals surface area contributed by atoms with Crippen molar-refractivity contribution in [3.8, 4) is 17.4 Å². The number of esters is 1. The molecule has 18 heteroatoms. The summed E-state index contributed by atoms with van der Waals surface area (Å²) in [6.07, 6.45) is -0.178. The van der Waals surface area contributed by atoms with Crippen LogP contribution in [-0.4, -0.2) is 98.0 Å². The molecule has 7 atom stereocenters. The van der Waals surface area contributed by atoms with Crippen LogP contribution in [0.1, 0.15) is 85.5 Å². The monoisotopic (exact) mass is 867 g/mol. The van der Waals surface area contributed by atoms with Crippen LogP contribution in [0.25, 0.3) is 10.8 Å². The van der Waals surface area contributed by atoms with Gasteiger partial charge in [-0.3, -0.25) is 23.9 Å². The number of ether oxygens (including phenoxy) is 4. The molecule has 0 bridgehead atoms. The van der Waals surface area contributed by atoms with Crippen LogP contribution in [0.2, 0.25) is 0 Å². The SMILES string of the molecule is COc1ccc2c(O[C@@H]3C[C@H]4C(=O)C[C@]5(C(=O)NS(=O)(=O)C6(CF)CC6)C[C@H]5/C=C\CC[C@@H](C)C[C@@H](C)[C@H](CC(=O)OC(C)(C)C(F)(F)F)C(=O)N4C3)ncc(OC)c2c1. The van der Waals surface area contributed by atoms with Crippen LogP contribution in [0.3, 0.4) is 0 Å². The predicted octanol–water partition coefficient (Wildman–Crippen LogP) is 6.42. The third kappa shape index (κ3) is 8.94. The van der Waals surface area contributed by atoms with Crippen molar-refractivity contribution in [1.82, 2.24) is 14.6 Å². The van der Waals surface area contributed by atoms with Gasteiger partial charge in [0, 0.05) is 23.6 Å². The number of hydrogen-bond acceptors (Lipinski definition) is 11. The van der Waals surface area contributed by atoms with Crippen molar-refractivity contribution in [3.05, 3.63) is 36.5 Å². The molecule has 60 heavy (non-hydrogen) atoms. The lowest BCUT2D eigenvalue weighted by Gasteiger charge is -2.33. The van der Waals surface area contributed by atoms with E-state index < -0.39 is 105 Å². The zero-order valence-corrected chi connectivity index (χ0v) is 35.4. The molecule has 0 radical (unpaired) electrons. The van der Waals surface area contributed by atoms with E-state index >= 15 is 0 Å². The maximum Gasteiger partial charge on any atom is 0.427 e. The topological polar surface area (TPSA) is 167 Å². The molecule has 1 aromatic heterocycles. The van der Waals surface area contributed by atoms with Crippen LogP contribution in [0.4, 0.5) is 17.6 Å². The molecule has 6 rings (SSSR count). The predicted molar refractivity (Wildman–Crippen MR) is 210 cm³/mol. The Morgan fingerprint density at radius 1 is 1.05 bits per heavy atom. The second kappa shape index (κ2) is 16.8. The van der Waals surface area contributed by atoms with Gasteiger partial charge >= 0.3 is 12.1 Å². The van der Waals surface area contributed by atoms with Gasteiger partial charge in [-0.15, -0.1) is 0 Å². The van der Waals surface area contributed by atoms with Crippen molar-refractivity contribution < 1.29 is 64.1 Å². The standard InChI is InChI=1S/C42H53F4N3O10S/c1-24-9-7-8-10-26-19-41(26,38(53)48-60(54,55)40(23-43)13-14-40)20-33(50)32-17-28(58-36-29-12-11-27(56-5)16-31(29)34(57-6)21-47-36)22-49(32)37(52)30(25(2)15-24)18-35(51)59-39(3,4)42(44,45)46/h8,10-12,16,21,24-26,28,30,32H,7,9,13-15,17-20,22-23H2,1-6H3,(H,48,53)/b10-8-/t24-,25-,26-,28-,30+,32+,41-/m1/s1. The lowest BCUT2D eigenvalue weighted by molar-refractivity contribution is -0.257. The van der Waals surface area contributed by atoms with Crippen molar-refractivity contribution >= 4 is 44.4 Å². The summed E-state index contributed by atoms with van der Waals surface area (Å²) in [5, 5.41) is 1.13. The van der Waals surface area contributed by atoms with E-state index in [4.69, 9.17) is 18.9 Å². The van der Waals surface area contributed by atoms with Gasteiger partial charge in [0.05, 0.1) is 50.8 Å². The highest BCUT2D eigenvalue weighted by atomic mass is 32.2. The fourth-order valence-electron chi connectivity index (χ4n) is 8.51. The Morgan fingerprint density at radius 3 is 2.40 bits per heavy atom. The molecule has 2 saturated carbocycles. The highest BCUT2D eigenvalue weighted by Gasteiger charge is 2.63. The Labute approximate surface area is 346 Å². The number of nitrogens with zero attached hydrogens (tertiary/aromatic N) is 2. The molecule has 3 fully saturated rings. The van der Waals surface area contributed by atoms with Crippen LogP contribution in [0.5, 0.6) is 17.4 Å². The minimum Gasteiger partial charge on any atom is -0.497 e. The maximum atomic E-state index is 14.9. The van der Waals surface area contributed by atoms with Crippen LogP contribution in [0, 0.1) is 29.1 Å². The minimum atomic E-state index is -4.89. The van der Waals surface area contributed by atoms with Crippen LogP contribution >= 0.6 is 0 Å². The Bertz CT molecular complexity index is 2140. The molecular formula is C42H53F4N3O10S. The lowest BCUT2D eigenvalue weighted by atomic mass is 9.82. The number of amides is 2. The average Bonchev–Trinajstić information content (AvgIpc) is 4.09. The summed E-state index contributed by atoms with van der Waals surface area (Å²) in [7, 11) is -1.45. The van der Waals surface area contributed by atoms with Gasteiger partial charge in [-0.05, 0) is 88.3 Å². The number of ketones is 1. The number of pyridine rings is 1. The van der Waals surface area contributed by atoms with Gasteiger partial charge in [-0.25, -0.2) is 17.8 Å². The molecule has 2 aliphatic heterocycles. The van der Waals surface area contributed by atoms with Crippen molar-refractivity contribution in [2.45, 2.75) is 114 Å². The van der Waals surface area contributed by atoms with Gasteiger partial charge in [0.15, 0.2) is 5.78 Å². The van der Waals surface area contributed by atoms with Crippen LogP contribution in [-0.2, 0) is 33.9 Å². The summed E-state index contributed by atoms with van der Waals surface area (Å²) < 4.78 is 104. The number of fused-ring (bicyclic) bond motifs is 3. The minimum absolute atomic E-state index is 0.0271. The number of methoxy groups -OCH3 is 2. The second-order valence-corrected chi connectivity index (χ2v) is 19.6. The van der Waals surface area contributed by atoms with E-state index in [1.807, 2.05) is 13.0 Å². The highest BCUT2D eigenvalue weighted by molar-refractivity contribution is 7.91. The summed E-state index contributed by atoms with van der Waals surface area (Å²) >= 11 is 0. The normalized spacial score (nSPS) is 29.0. The molecule has 4 aliphatic rings. The Morgan fingerprint density at radius 2 is 1.77 bits per heavy atom. The molecule has 1 saturated heterocycles. The summed E-state index contributed by atoms with van der Waals surface area (Å²) in [5.41, 5.74) is -4.36. The number of hydrogen-bond donors (Lipinski definition) is 1. The molecule has 2 aromatic rings. The van der Waals surface area contributed by atoms with E-state index in [1.54, 1.807) is 31.2 Å². The van der Waals surface area contributed by atoms with E-state index in [1.165, 1.54) is 25.3 Å². The summed E-state index contributed by atoms with van der Waals surface area (Å²) in [5.74, 6) is -4.66. The third-order valence-electron chi connectivity index (χ3n) is 12.8. The molecular weight excluding hydrogens is 815 g/mol. The number of nitrogens with one attached hydrogen (secondary N) is 1. The number of sulfonamides is 1. The van der Waals surface area contributed by atoms with Gasteiger partial charge in [-0.1, -0.05) is 26.0 Å². The summed E-state index contributed by atoms with van der Waals surface area (Å²) in [6, 6.07) is 3.88. The Hall–Kier alpha value is -4.48. The van der Waals surface area contributed by atoms with Crippen molar-refractivity contribution in [1.29, 1.82) is 0 Å². The van der Waals surface area contributed by atoms with E-state index in [2.05, 4.69) is 9.71 Å². The number of allylic oxidation sites excluding steroid dienone is 2. The molecule has 1 aromatic carbocycles. The Balaban J connectivity index is 1.37. The van der Waals surface area contributed by atoms with Crippen LogP contribution < -0.4 is 18.9 Å². The van der Waals surface area contributed by atoms with E-state index in [0.717, 1.165) is 13.8 Å². The average molecular weight is 868 g/mol. The number of benzene rings is 1. The first-order valence-corrected chi connectivity index (χ1v) is 21.7. The van der Waals surface area contributed by atoms with E-state index in [0.29, 0.717) is 41.5 Å². The third-order valence-corrected chi connectivity index (χ3v) is 14.9.